The number of nitrogens with two attached hydrogens (primary N) is 1. The van der Waals surface area contributed by atoms with Gasteiger partial charge in [0.25, 0.3) is 0 Å². The minimum absolute atomic E-state index is 0.288. The molecular formula is C16H15NO4. The third kappa shape index (κ3) is 2.99. The Kier molecular flexibility index (Phi) is 4.16. The first-order chi connectivity index (χ1) is 9.94. The summed E-state index contributed by atoms with van der Waals surface area (Å²) in [6, 6.07) is 16.3. The van der Waals surface area contributed by atoms with Crippen molar-refractivity contribution in [3.05, 3.63) is 71.8 Å². The number of Topliss-reactive ketones (excluding diaryl/α,β-unsaturated/α-hetero) is 1. The van der Waals surface area contributed by atoms with E-state index in [-0.39, 0.29) is 5.56 Å². The number of ketones is 1. The summed E-state index contributed by atoms with van der Waals surface area (Å²) in [4.78, 5) is 23.8. The van der Waals surface area contributed by atoms with E-state index in [0.717, 1.165) is 0 Å². The number of hydrogen-bond donors (Lipinski definition) is 3. The van der Waals surface area contributed by atoms with Crippen LogP contribution in [-0.2, 0) is 4.79 Å². The summed E-state index contributed by atoms with van der Waals surface area (Å²) in [5.41, 5.74) is 3.46. The van der Waals surface area contributed by atoms with Crippen molar-refractivity contribution >= 4 is 11.8 Å². The predicted octanol–water partition coefficient (Wildman–Crippen LogP) is 1.38. The van der Waals surface area contributed by atoms with E-state index < -0.39 is 23.4 Å². The van der Waals surface area contributed by atoms with Crippen LogP contribution in [0.3, 0.4) is 0 Å². The summed E-state index contributed by atoms with van der Waals surface area (Å²) in [6.45, 7) is 0. The molecule has 108 valence electrons. The van der Waals surface area contributed by atoms with Crippen molar-refractivity contribution in [2.75, 3.05) is 0 Å². The number of rotatable bonds is 5. The van der Waals surface area contributed by atoms with E-state index in [4.69, 9.17) is 10.8 Å². The van der Waals surface area contributed by atoms with Crippen LogP contribution in [0.2, 0.25) is 0 Å². The smallest absolute Gasteiger partial charge is 0.352 e. The molecule has 0 radical (unpaired) electrons. The van der Waals surface area contributed by atoms with Gasteiger partial charge in [-0.2, -0.15) is 0 Å². The quantitative estimate of drug-likeness (QED) is 0.569. The highest BCUT2D eigenvalue weighted by Gasteiger charge is 2.46. The van der Waals surface area contributed by atoms with E-state index in [1.165, 1.54) is 0 Å². The highest BCUT2D eigenvalue weighted by atomic mass is 16.4. The summed E-state index contributed by atoms with van der Waals surface area (Å²) < 4.78 is 0. The van der Waals surface area contributed by atoms with Crippen molar-refractivity contribution in [3.8, 4) is 0 Å². The van der Waals surface area contributed by atoms with Crippen molar-refractivity contribution in [2.45, 2.75) is 11.6 Å². The number of carboxylic acid groups (broad SMARTS) is 1. The molecule has 2 atom stereocenters. The van der Waals surface area contributed by atoms with Crippen molar-refractivity contribution in [1.82, 2.24) is 0 Å². The van der Waals surface area contributed by atoms with Gasteiger partial charge in [-0.1, -0.05) is 60.7 Å². The van der Waals surface area contributed by atoms with Crippen LogP contribution in [0.5, 0.6) is 0 Å². The Morgan fingerprint density at radius 3 is 1.90 bits per heavy atom. The normalized spacial score (nSPS) is 15.0. The Morgan fingerprint density at radius 1 is 0.952 bits per heavy atom. The molecule has 5 heteroatoms. The average molecular weight is 285 g/mol. The molecular weight excluding hydrogens is 270 g/mol. The maximum Gasteiger partial charge on any atom is 0.352 e. The Hall–Kier alpha value is -2.50. The molecule has 0 heterocycles. The zero-order chi connectivity index (χ0) is 15.5. The molecule has 0 saturated heterocycles. The first kappa shape index (κ1) is 14.9. The molecule has 0 unspecified atom stereocenters. The fourth-order valence-electron chi connectivity index (χ4n) is 2.14. The highest BCUT2D eigenvalue weighted by molar-refractivity contribution is 6.04. The maximum atomic E-state index is 12.6. The molecule has 0 fully saturated rings. The summed E-state index contributed by atoms with van der Waals surface area (Å²) >= 11 is 0. The topological polar surface area (TPSA) is 101 Å². The van der Waals surface area contributed by atoms with E-state index in [1.807, 2.05) is 0 Å². The van der Waals surface area contributed by atoms with Gasteiger partial charge in [0.15, 0.2) is 5.78 Å². The first-order valence-electron chi connectivity index (χ1n) is 6.33. The van der Waals surface area contributed by atoms with Crippen LogP contribution in [0.4, 0.5) is 0 Å². The van der Waals surface area contributed by atoms with Gasteiger partial charge in [-0.25, -0.2) is 4.79 Å². The molecule has 5 nitrogen and oxygen atoms in total. The number of hydrogen-bond acceptors (Lipinski definition) is 4. The van der Waals surface area contributed by atoms with Crippen LogP contribution >= 0.6 is 0 Å². The van der Waals surface area contributed by atoms with Crippen molar-refractivity contribution in [1.29, 1.82) is 0 Å². The van der Waals surface area contributed by atoms with E-state index >= 15 is 0 Å². The number of carbonyl (C=O) groups is 2. The van der Waals surface area contributed by atoms with Gasteiger partial charge < -0.3 is 10.2 Å². The van der Waals surface area contributed by atoms with Gasteiger partial charge in [-0.15, -0.1) is 0 Å². The van der Waals surface area contributed by atoms with Gasteiger partial charge in [0, 0.05) is 5.56 Å². The monoisotopic (exact) mass is 285 g/mol. The zero-order valence-corrected chi connectivity index (χ0v) is 11.1. The lowest BCUT2D eigenvalue weighted by Crippen LogP contribution is -2.55. The van der Waals surface area contributed by atoms with Crippen molar-refractivity contribution < 1.29 is 19.8 Å². The molecule has 0 spiro atoms. The minimum Gasteiger partial charge on any atom is -0.478 e. The standard InChI is InChI=1S/C16H15NO4/c17-16(21,15(19)20)13(11-7-3-1-4-8-11)14(18)12-9-5-2-6-10-12/h1-10,13,21H,17H2,(H,19,20)/t13-,16-/m1/s1. The fourth-order valence-corrected chi connectivity index (χ4v) is 2.14. The van der Waals surface area contributed by atoms with Gasteiger partial charge in [0.1, 0.15) is 5.92 Å². The number of benzene rings is 2. The predicted molar refractivity (Wildman–Crippen MR) is 76.7 cm³/mol. The molecule has 21 heavy (non-hydrogen) atoms. The lowest BCUT2D eigenvalue weighted by molar-refractivity contribution is -0.159. The van der Waals surface area contributed by atoms with Gasteiger partial charge in [-0.3, -0.25) is 10.5 Å². The third-order valence-electron chi connectivity index (χ3n) is 3.24. The average Bonchev–Trinajstić information content (AvgIpc) is 2.49. The Bertz CT molecular complexity index is 638. The molecule has 0 aromatic heterocycles. The molecule has 0 saturated carbocycles. The molecule has 0 aliphatic heterocycles. The second kappa shape index (κ2) is 5.87. The molecule has 0 amide bonds. The SMILES string of the molecule is N[C@](O)(C(=O)O)[C@@H](C(=O)c1ccccc1)c1ccccc1. The number of carboxylic acids is 1. The fraction of sp³-hybridized carbons (Fsp3) is 0.125. The number of aliphatic hydroxyl groups is 1. The molecule has 0 aliphatic rings. The zero-order valence-electron chi connectivity index (χ0n) is 11.1. The van der Waals surface area contributed by atoms with E-state index in [0.29, 0.717) is 5.56 Å². The first-order valence-corrected chi connectivity index (χ1v) is 6.33. The molecule has 0 aliphatic carbocycles. The van der Waals surface area contributed by atoms with Crippen LogP contribution in [0, 0.1) is 0 Å². The van der Waals surface area contributed by atoms with Crippen LogP contribution in [0.25, 0.3) is 0 Å². The van der Waals surface area contributed by atoms with Crippen LogP contribution in [0.15, 0.2) is 60.7 Å². The number of carbonyl (C=O) groups excluding carboxylic acids is 1. The summed E-state index contributed by atoms with van der Waals surface area (Å²) in [5.74, 6) is -3.59. The van der Waals surface area contributed by atoms with Crippen LogP contribution < -0.4 is 5.73 Å². The van der Waals surface area contributed by atoms with Crippen LogP contribution in [-0.4, -0.2) is 27.7 Å². The van der Waals surface area contributed by atoms with E-state index in [2.05, 4.69) is 0 Å². The van der Waals surface area contributed by atoms with Gasteiger partial charge in [-0.05, 0) is 5.56 Å². The second-order valence-electron chi connectivity index (χ2n) is 4.70. The summed E-state index contributed by atoms with van der Waals surface area (Å²) in [5, 5.41) is 19.2. The Morgan fingerprint density at radius 2 is 1.43 bits per heavy atom. The molecule has 2 aromatic carbocycles. The summed E-state index contributed by atoms with van der Waals surface area (Å²) in [7, 11) is 0. The lowest BCUT2D eigenvalue weighted by atomic mass is 9.82. The van der Waals surface area contributed by atoms with Gasteiger partial charge >= 0.3 is 5.97 Å². The Balaban J connectivity index is 2.52. The van der Waals surface area contributed by atoms with Gasteiger partial charge in [0.05, 0.1) is 0 Å². The molecule has 0 bridgehead atoms. The highest BCUT2D eigenvalue weighted by Crippen LogP contribution is 2.29. The molecule has 2 rings (SSSR count). The second-order valence-corrected chi connectivity index (χ2v) is 4.70. The largest absolute Gasteiger partial charge is 0.478 e. The third-order valence-corrected chi connectivity index (χ3v) is 3.24. The van der Waals surface area contributed by atoms with Crippen molar-refractivity contribution in [3.63, 3.8) is 0 Å². The summed E-state index contributed by atoms with van der Waals surface area (Å²) in [6.07, 6.45) is 0. The van der Waals surface area contributed by atoms with E-state index in [1.54, 1.807) is 60.7 Å². The molecule has 2 aromatic rings. The van der Waals surface area contributed by atoms with Crippen molar-refractivity contribution in [2.24, 2.45) is 5.73 Å². The maximum absolute atomic E-state index is 12.6. The molecule has 4 N–H and O–H groups in total. The Labute approximate surface area is 121 Å². The number of aliphatic carboxylic acids is 1. The minimum atomic E-state index is -2.69. The van der Waals surface area contributed by atoms with Crippen LogP contribution in [0.1, 0.15) is 21.8 Å². The van der Waals surface area contributed by atoms with Gasteiger partial charge in [0.2, 0.25) is 5.72 Å². The van der Waals surface area contributed by atoms with E-state index in [9.17, 15) is 14.7 Å². The lowest BCUT2D eigenvalue weighted by Gasteiger charge is -2.28.